The number of carbonyl (C=O) groups is 2. The SMILES string of the molecule is Cc1cccc(NC(=O)[C@H]2[C@@H](C(=O)[O-])[C@@H](c3ccccc3)C=C[C@H]2c2ccccc2)c1C. The van der Waals surface area contributed by atoms with E-state index >= 15 is 0 Å². The minimum atomic E-state index is -1.22. The fourth-order valence-electron chi connectivity index (χ4n) is 4.63. The van der Waals surface area contributed by atoms with E-state index in [1.807, 2.05) is 105 Å². The molecule has 0 unspecified atom stereocenters. The lowest BCUT2D eigenvalue weighted by molar-refractivity contribution is -0.313. The molecule has 1 N–H and O–H groups in total. The predicted octanol–water partition coefficient (Wildman–Crippen LogP) is 4.36. The van der Waals surface area contributed by atoms with Crippen molar-refractivity contribution in [2.75, 3.05) is 5.32 Å². The molecular formula is C28H26NO3-. The number of carboxylic acids is 1. The summed E-state index contributed by atoms with van der Waals surface area (Å²) in [6.07, 6.45) is 3.88. The molecule has 0 aliphatic heterocycles. The first kappa shape index (κ1) is 21.6. The second-order valence-corrected chi connectivity index (χ2v) is 8.37. The summed E-state index contributed by atoms with van der Waals surface area (Å²) in [7, 11) is 0. The van der Waals surface area contributed by atoms with E-state index in [0.717, 1.165) is 22.3 Å². The van der Waals surface area contributed by atoms with Crippen molar-refractivity contribution in [3.8, 4) is 0 Å². The van der Waals surface area contributed by atoms with Crippen LogP contribution >= 0.6 is 0 Å². The van der Waals surface area contributed by atoms with E-state index in [1.54, 1.807) is 0 Å². The predicted molar refractivity (Wildman–Crippen MR) is 124 cm³/mol. The van der Waals surface area contributed by atoms with E-state index in [4.69, 9.17) is 0 Å². The molecule has 4 nitrogen and oxygen atoms in total. The zero-order valence-corrected chi connectivity index (χ0v) is 18.2. The number of hydrogen-bond acceptors (Lipinski definition) is 3. The normalized spacial score (nSPS) is 22.3. The van der Waals surface area contributed by atoms with E-state index in [0.29, 0.717) is 5.69 Å². The van der Waals surface area contributed by atoms with Gasteiger partial charge in [-0.15, -0.1) is 0 Å². The molecule has 3 aromatic carbocycles. The van der Waals surface area contributed by atoms with Gasteiger partial charge < -0.3 is 15.2 Å². The second-order valence-electron chi connectivity index (χ2n) is 8.37. The van der Waals surface area contributed by atoms with Crippen LogP contribution in [-0.4, -0.2) is 11.9 Å². The smallest absolute Gasteiger partial charge is 0.229 e. The van der Waals surface area contributed by atoms with Crippen LogP contribution in [0.5, 0.6) is 0 Å². The molecule has 0 bridgehead atoms. The van der Waals surface area contributed by atoms with Gasteiger partial charge in [-0.05, 0) is 42.2 Å². The van der Waals surface area contributed by atoms with Crippen molar-refractivity contribution in [3.05, 3.63) is 113 Å². The van der Waals surface area contributed by atoms with Gasteiger partial charge in [-0.3, -0.25) is 4.79 Å². The van der Waals surface area contributed by atoms with Gasteiger partial charge in [0.05, 0.1) is 5.92 Å². The minimum Gasteiger partial charge on any atom is -0.550 e. The van der Waals surface area contributed by atoms with E-state index in [9.17, 15) is 14.7 Å². The quantitative estimate of drug-likeness (QED) is 0.619. The van der Waals surface area contributed by atoms with E-state index < -0.39 is 23.7 Å². The Morgan fingerprint density at radius 2 is 1.25 bits per heavy atom. The van der Waals surface area contributed by atoms with Crippen LogP contribution in [0.4, 0.5) is 5.69 Å². The van der Waals surface area contributed by atoms with Gasteiger partial charge in [-0.1, -0.05) is 84.9 Å². The molecule has 4 heteroatoms. The fraction of sp³-hybridized carbons (Fsp3) is 0.214. The molecule has 1 aliphatic carbocycles. The zero-order chi connectivity index (χ0) is 22.7. The van der Waals surface area contributed by atoms with E-state index in [1.165, 1.54) is 0 Å². The van der Waals surface area contributed by atoms with Gasteiger partial charge in [0.15, 0.2) is 0 Å². The first-order valence-corrected chi connectivity index (χ1v) is 10.8. The maximum Gasteiger partial charge on any atom is 0.229 e. The summed E-state index contributed by atoms with van der Waals surface area (Å²) in [6, 6.07) is 24.7. The summed E-state index contributed by atoms with van der Waals surface area (Å²) in [5.74, 6) is -4.17. The van der Waals surface area contributed by atoms with Crippen LogP contribution < -0.4 is 10.4 Å². The van der Waals surface area contributed by atoms with Gasteiger partial charge in [-0.2, -0.15) is 0 Å². The lowest BCUT2D eigenvalue weighted by atomic mass is 9.66. The van der Waals surface area contributed by atoms with Gasteiger partial charge >= 0.3 is 0 Å². The molecule has 162 valence electrons. The molecular weight excluding hydrogens is 398 g/mol. The largest absolute Gasteiger partial charge is 0.550 e. The van der Waals surface area contributed by atoms with Gasteiger partial charge in [0.2, 0.25) is 5.91 Å². The molecule has 0 saturated carbocycles. The number of benzene rings is 3. The van der Waals surface area contributed by atoms with Gasteiger partial charge in [0.1, 0.15) is 0 Å². The monoisotopic (exact) mass is 424 g/mol. The third kappa shape index (κ3) is 4.22. The summed E-state index contributed by atoms with van der Waals surface area (Å²) in [5, 5.41) is 15.5. The highest BCUT2D eigenvalue weighted by atomic mass is 16.4. The van der Waals surface area contributed by atoms with Crippen molar-refractivity contribution >= 4 is 17.6 Å². The molecule has 0 fully saturated rings. The molecule has 0 saturated heterocycles. The lowest BCUT2D eigenvalue weighted by Gasteiger charge is -2.40. The van der Waals surface area contributed by atoms with Crippen LogP contribution in [0.25, 0.3) is 0 Å². The van der Waals surface area contributed by atoms with Crippen LogP contribution in [-0.2, 0) is 9.59 Å². The van der Waals surface area contributed by atoms with Crippen molar-refractivity contribution in [2.24, 2.45) is 11.8 Å². The average molecular weight is 425 g/mol. The van der Waals surface area contributed by atoms with Crippen LogP contribution in [0.1, 0.15) is 34.1 Å². The molecule has 32 heavy (non-hydrogen) atoms. The Bertz CT molecular complexity index is 1140. The van der Waals surface area contributed by atoms with Gasteiger partial charge in [0, 0.05) is 29.4 Å². The molecule has 0 heterocycles. The number of carbonyl (C=O) groups excluding carboxylic acids is 2. The molecule has 3 aromatic rings. The molecule has 1 amide bonds. The highest BCUT2D eigenvalue weighted by molar-refractivity contribution is 5.97. The Labute approximate surface area is 188 Å². The van der Waals surface area contributed by atoms with Crippen LogP contribution in [0.3, 0.4) is 0 Å². The van der Waals surface area contributed by atoms with Crippen LogP contribution in [0.2, 0.25) is 0 Å². The Morgan fingerprint density at radius 3 is 1.78 bits per heavy atom. The number of hydrogen-bond donors (Lipinski definition) is 1. The molecule has 4 atom stereocenters. The van der Waals surface area contributed by atoms with Crippen molar-refractivity contribution in [2.45, 2.75) is 25.7 Å². The summed E-state index contributed by atoms with van der Waals surface area (Å²) >= 11 is 0. The summed E-state index contributed by atoms with van der Waals surface area (Å²) in [5.41, 5.74) is 4.49. The van der Waals surface area contributed by atoms with Crippen LogP contribution in [0, 0.1) is 25.7 Å². The van der Waals surface area contributed by atoms with Gasteiger partial charge in [0.25, 0.3) is 0 Å². The molecule has 1 aliphatic rings. The van der Waals surface area contributed by atoms with Crippen molar-refractivity contribution in [3.63, 3.8) is 0 Å². The number of nitrogens with one attached hydrogen (secondary N) is 1. The topological polar surface area (TPSA) is 69.2 Å². The summed E-state index contributed by atoms with van der Waals surface area (Å²) in [6.45, 7) is 3.93. The van der Waals surface area contributed by atoms with E-state index in [-0.39, 0.29) is 11.8 Å². The third-order valence-corrected chi connectivity index (χ3v) is 6.49. The molecule has 0 radical (unpaired) electrons. The number of aliphatic carboxylic acids is 1. The van der Waals surface area contributed by atoms with Crippen molar-refractivity contribution < 1.29 is 14.7 Å². The Hall–Kier alpha value is -3.66. The highest BCUT2D eigenvalue weighted by Crippen LogP contribution is 2.44. The second kappa shape index (κ2) is 9.23. The Kier molecular flexibility index (Phi) is 6.22. The number of amides is 1. The lowest BCUT2D eigenvalue weighted by Crippen LogP contribution is -2.47. The highest BCUT2D eigenvalue weighted by Gasteiger charge is 2.42. The molecule has 0 aromatic heterocycles. The first-order chi connectivity index (χ1) is 15.5. The van der Waals surface area contributed by atoms with Crippen molar-refractivity contribution in [1.82, 2.24) is 0 Å². The zero-order valence-electron chi connectivity index (χ0n) is 18.2. The number of allylic oxidation sites excluding steroid dienone is 2. The molecule has 4 rings (SSSR count). The maximum absolute atomic E-state index is 13.7. The Morgan fingerprint density at radius 1 is 0.719 bits per heavy atom. The number of rotatable bonds is 5. The van der Waals surface area contributed by atoms with Gasteiger partial charge in [-0.25, -0.2) is 0 Å². The number of anilines is 1. The minimum absolute atomic E-state index is 0.313. The number of carboxylic acid groups (broad SMARTS) is 1. The summed E-state index contributed by atoms with van der Waals surface area (Å²) < 4.78 is 0. The average Bonchev–Trinajstić information content (AvgIpc) is 2.82. The summed E-state index contributed by atoms with van der Waals surface area (Å²) in [4.78, 5) is 26.1. The molecule has 0 spiro atoms. The maximum atomic E-state index is 13.7. The third-order valence-electron chi connectivity index (χ3n) is 6.49. The van der Waals surface area contributed by atoms with E-state index in [2.05, 4.69) is 5.32 Å². The Balaban J connectivity index is 1.79. The standard InChI is InChI=1S/C28H27NO3/c1-18-10-9-15-24(19(18)2)29-27(30)25-22(20-11-5-3-6-12-20)16-17-23(26(25)28(31)32)21-13-7-4-8-14-21/h3-17,22-23,25-26H,1-2H3,(H,29,30)(H,31,32)/p-1/t22-,23+,25+,26-/m0/s1. The van der Waals surface area contributed by atoms with Crippen molar-refractivity contribution in [1.29, 1.82) is 0 Å². The fourth-order valence-corrected chi connectivity index (χ4v) is 4.63. The number of aryl methyl sites for hydroxylation is 1. The van der Waals surface area contributed by atoms with Crippen LogP contribution in [0.15, 0.2) is 91.0 Å². The first-order valence-electron chi connectivity index (χ1n) is 10.8.